The molecule has 0 radical (unpaired) electrons. The van der Waals surface area contributed by atoms with Crippen LogP contribution in [0.5, 0.6) is 0 Å². The number of aryl methyl sites for hydroxylation is 2. The van der Waals surface area contributed by atoms with Gasteiger partial charge in [-0.2, -0.15) is 25.9 Å². The fourth-order valence-corrected chi connectivity index (χ4v) is 5.27. The van der Waals surface area contributed by atoms with E-state index in [0.717, 1.165) is 10.4 Å². The largest absolute Gasteiger partial charge is 0.490 e. The number of fused-ring (bicyclic) bond motifs is 1. The summed E-state index contributed by atoms with van der Waals surface area (Å²) in [6.45, 7) is 1.56. The molecule has 1 fully saturated rings. The molecule has 1 aliphatic heterocycles. The van der Waals surface area contributed by atoms with E-state index in [4.69, 9.17) is 30.4 Å². The average molecular weight is 613 g/mol. The van der Waals surface area contributed by atoms with Crippen LogP contribution in [0.4, 0.5) is 34.6 Å². The summed E-state index contributed by atoms with van der Waals surface area (Å²) in [5.41, 5.74) is 0.820. The smallest absolute Gasteiger partial charge is 0.475 e. The molecule has 0 amide bonds. The van der Waals surface area contributed by atoms with Crippen LogP contribution in [0.3, 0.4) is 0 Å². The summed E-state index contributed by atoms with van der Waals surface area (Å²) in [7, 11) is -5.21. The maximum atomic E-state index is 14.8. The molecule has 11 nitrogen and oxygen atoms in total. The van der Waals surface area contributed by atoms with Crippen LogP contribution in [0.15, 0.2) is 35.4 Å². The second-order valence-electron chi connectivity index (χ2n) is 8.50. The van der Waals surface area contributed by atoms with E-state index in [1.165, 1.54) is 17.0 Å². The quantitative estimate of drug-likeness (QED) is 0.357. The number of anilines is 3. The van der Waals surface area contributed by atoms with E-state index in [-0.39, 0.29) is 41.5 Å². The van der Waals surface area contributed by atoms with Crippen molar-refractivity contribution in [2.45, 2.75) is 25.6 Å². The van der Waals surface area contributed by atoms with E-state index >= 15 is 0 Å². The highest BCUT2D eigenvalue weighted by atomic mass is 35.5. The fourth-order valence-electron chi connectivity index (χ4n) is 3.68. The molecular formula is C23H24ClF4N5O6S. The zero-order chi connectivity index (χ0) is 32.5. The lowest BCUT2D eigenvalue weighted by atomic mass is 10.1. The number of aromatic nitrogens is 2. The van der Waals surface area contributed by atoms with Gasteiger partial charge in [-0.3, -0.25) is 9.52 Å². The lowest BCUT2D eigenvalue weighted by Gasteiger charge is -2.20. The Morgan fingerprint density at radius 1 is 1.27 bits per heavy atom. The number of rotatable bonds is 6. The second kappa shape index (κ2) is 12.0. The van der Waals surface area contributed by atoms with E-state index in [1.807, 2.05) is 0 Å². The molecule has 1 aliphatic rings. The molecule has 2 aromatic carbocycles. The first kappa shape index (κ1) is 26.7. The Morgan fingerprint density at radius 3 is 2.55 bits per heavy atom. The number of methoxy groups -OCH3 is 1. The lowest BCUT2D eigenvalue weighted by molar-refractivity contribution is -0.192. The summed E-state index contributed by atoms with van der Waals surface area (Å²) in [6.07, 6.45) is -4.26. The monoisotopic (exact) mass is 612 g/mol. The van der Waals surface area contributed by atoms with Crippen molar-refractivity contribution in [2.24, 2.45) is 7.05 Å². The van der Waals surface area contributed by atoms with Crippen LogP contribution >= 0.6 is 11.6 Å². The molecule has 0 saturated carbocycles. The third kappa shape index (κ3) is 6.80. The third-order valence-electron chi connectivity index (χ3n) is 5.79. The maximum Gasteiger partial charge on any atom is 0.490 e. The van der Waals surface area contributed by atoms with E-state index in [9.17, 15) is 30.8 Å². The summed E-state index contributed by atoms with van der Waals surface area (Å²) in [6, 6.07) is 5.45. The number of nitrogens with zero attached hydrogens (tertiary/aromatic N) is 3. The Kier molecular flexibility index (Phi) is 7.99. The van der Waals surface area contributed by atoms with Crippen LogP contribution < -0.4 is 15.6 Å². The Bertz CT molecular complexity index is 1710. The summed E-state index contributed by atoms with van der Waals surface area (Å²) < 4.78 is 103. The van der Waals surface area contributed by atoms with Crippen LogP contribution in [-0.4, -0.2) is 65.8 Å². The van der Waals surface area contributed by atoms with Crippen LogP contribution in [0.2, 0.25) is 5.02 Å². The average Bonchev–Trinajstić information content (AvgIpc) is 3.34. The fraction of sp³-hybridized carbons (Fsp3) is 0.348. The Labute approximate surface area is 234 Å². The van der Waals surface area contributed by atoms with Crippen molar-refractivity contribution in [3.63, 3.8) is 0 Å². The van der Waals surface area contributed by atoms with Crippen molar-refractivity contribution in [3.05, 3.63) is 57.3 Å². The van der Waals surface area contributed by atoms with Gasteiger partial charge in [-0.25, -0.2) is 14.2 Å². The molecule has 3 N–H and O–H groups in total. The number of aliphatic carboxylic acids is 1. The molecule has 4 rings (SSSR count). The van der Waals surface area contributed by atoms with Gasteiger partial charge in [-0.05, 0) is 43.2 Å². The summed E-state index contributed by atoms with van der Waals surface area (Å²) >= 11 is 6.39. The third-order valence-corrected chi connectivity index (χ3v) is 7.68. The van der Waals surface area contributed by atoms with Crippen molar-refractivity contribution in [1.82, 2.24) is 13.9 Å². The van der Waals surface area contributed by atoms with Gasteiger partial charge < -0.3 is 19.7 Å². The van der Waals surface area contributed by atoms with Gasteiger partial charge in [0.15, 0.2) is 0 Å². The number of halogens is 5. The number of carbonyl (C=O) groups is 1. The first-order valence-corrected chi connectivity index (χ1v) is 13.0. The molecular weight excluding hydrogens is 586 g/mol. The van der Waals surface area contributed by atoms with Crippen molar-refractivity contribution in [3.8, 4) is 0 Å². The van der Waals surface area contributed by atoms with Crippen LogP contribution in [0.25, 0.3) is 10.9 Å². The molecule has 17 heteroatoms. The number of carboxylic acids is 1. The molecule has 0 unspecified atom stereocenters. The van der Waals surface area contributed by atoms with Crippen molar-refractivity contribution in [2.75, 3.05) is 30.2 Å². The summed E-state index contributed by atoms with van der Waals surface area (Å²) in [4.78, 5) is 25.7. The first-order chi connectivity index (χ1) is 19.7. The molecule has 0 aliphatic carbocycles. The van der Waals surface area contributed by atoms with Gasteiger partial charge in [0.2, 0.25) is 0 Å². The number of ether oxygens (including phenoxy) is 1. The Hall–Kier alpha value is -3.47. The Morgan fingerprint density at radius 2 is 1.93 bits per heavy atom. The van der Waals surface area contributed by atoms with E-state index < -0.39 is 41.3 Å². The van der Waals surface area contributed by atoms with Crippen molar-refractivity contribution in [1.29, 1.82) is 0 Å². The highest BCUT2D eigenvalue weighted by molar-refractivity contribution is 7.90. The highest BCUT2D eigenvalue weighted by Crippen LogP contribution is 2.37. The number of hydrogen-bond donors (Lipinski definition) is 3. The summed E-state index contributed by atoms with van der Waals surface area (Å²) in [5, 5.41) is 10.1. The number of benzene rings is 2. The Balaban J connectivity index is 0.000000646. The minimum Gasteiger partial charge on any atom is -0.475 e. The van der Waals surface area contributed by atoms with Gasteiger partial charge in [0, 0.05) is 32.9 Å². The molecule has 0 bridgehead atoms. The number of nitrogens with one attached hydrogen (secondary N) is 2. The van der Waals surface area contributed by atoms with Gasteiger partial charge >= 0.3 is 22.4 Å². The predicted molar refractivity (Wildman–Crippen MR) is 140 cm³/mol. The molecule has 0 spiro atoms. The van der Waals surface area contributed by atoms with Gasteiger partial charge in [0.25, 0.3) is 5.56 Å². The zero-order valence-corrected chi connectivity index (χ0v) is 22.3. The number of alkyl halides is 3. The van der Waals surface area contributed by atoms with Crippen molar-refractivity contribution < 1.29 is 44.7 Å². The first-order valence-electron chi connectivity index (χ1n) is 12.7. The molecule has 1 atom stereocenters. The van der Waals surface area contributed by atoms with Gasteiger partial charge in [0.05, 0.1) is 43.8 Å². The summed E-state index contributed by atoms with van der Waals surface area (Å²) in [5.74, 6) is -3.50. The van der Waals surface area contributed by atoms with Gasteiger partial charge in [-0.1, -0.05) is 11.6 Å². The molecule has 3 aromatic rings. The van der Waals surface area contributed by atoms with Crippen LogP contribution in [-0.2, 0) is 26.8 Å². The minimum atomic E-state index is -5.08. The van der Waals surface area contributed by atoms with E-state index in [1.54, 1.807) is 26.1 Å². The van der Waals surface area contributed by atoms with E-state index in [2.05, 4.69) is 15.0 Å². The maximum absolute atomic E-state index is 14.8. The molecule has 40 heavy (non-hydrogen) atoms. The molecule has 2 heterocycles. The lowest BCUT2D eigenvalue weighted by Crippen LogP contribution is -2.35. The number of carboxylic acid groups (broad SMARTS) is 1. The molecule has 1 saturated heterocycles. The molecule has 1 aromatic heterocycles. The highest BCUT2D eigenvalue weighted by Gasteiger charge is 2.38. The minimum absolute atomic E-state index is 0.0410. The number of hydrogen-bond acceptors (Lipinski definition) is 7. The van der Waals surface area contributed by atoms with Crippen LogP contribution in [0, 0.1) is 12.7 Å². The van der Waals surface area contributed by atoms with Gasteiger partial charge in [-0.15, -0.1) is 0 Å². The van der Waals surface area contributed by atoms with Crippen LogP contribution in [0.1, 0.15) is 16.1 Å². The van der Waals surface area contributed by atoms with Gasteiger partial charge in [0.1, 0.15) is 5.82 Å². The van der Waals surface area contributed by atoms with E-state index in [0.29, 0.717) is 22.2 Å². The predicted octanol–water partition coefficient (Wildman–Crippen LogP) is 3.79. The molecule has 218 valence electrons. The zero-order valence-electron chi connectivity index (χ0n) is 23.7. The second-order valence-corrected chi connectivity index (χ2v) is 10.5. The van der Waals surface area contributed by atoms with Crippen molar-refractivity contribution >= 4 is 55.7 Å². The SMILES string of the molecule is O=C(O)C(F)(F)F.[2H]C([2H])([2H])O[C@@H]1CCN(S(=O)(=O)Nc2ccc(F)c(Nc3ccc4ncn(C)c(=O)c4c3C)c2Cl)C1. The topological polar surface area (TPSA) is 143 Å². The standard InChI is InChI=1S/C21H23ClFN5O4S.C2HF3O2/c1-12-15(6-7-16-18(12)21(29)27(2)11-24-16)25-20-14(23)4-5-17(19(20)22)26-33(30,31)28-9-8-13(10-28)32-3;3-2(4,5)1(6)7/h4-7,11,13,25-26H,8-10H2,1-3H3;(H,6,7)/t13-;/m1./s1/i3D3;. The normalized spacial score (nSPS) is 17.4.